The molecule has 1 unspecified atom stereocenters. The molecule has 1 fully saturated rings. The van der Waals surface area contributed by atoms with Crippen LogP contribution in [0.3, 0.4) is 0 Å². The molecule has 0 aromatic heterocycles. The highest BCUT2D eigenvalue weighted by Crippen LogP contribution is 2.25. The zero-order chi connectivity index (χ0) is 25.6. The van der Waals surface area contributed by atoms with E-state index in [0.717, 1.165) is 0 Å². The molecule has 190 valence electrons. The summed E-state index contributed by atoms with van der Waals surface area (Å²) in [6, 6.07) is 14.5. The van der Waals surface area contributed by atoms with Gasteiger partial charge in [-0.25, -0.2) is 4.79 Å². The van der Waals surface area contributed by atoms with Gasteiger partial charge in [0.25, 0.3) is 0 Å². The Morgan fingerprint density at radius 1 is 0.914 bits per heavy atom. The van der Waals surface area contributed by atoms with Gasteiger partial charge in [-0.1, -0.05) is 42.5 Å². The number of carbonyl (C=O) groups excluding carboxylic acids is 1. The number of aliphatic hydroxyl groups is 5. The fraction of sp³-hybridized carbons (Fsp3) is 0.417. The van der Waals surface area contributed by atoms with Gasteiger partial charge in [0, 0.05) is 6.42 Å². The van der Waals surface area contributed by atoms with Crippen LogP contribution in [-0.2, 0) is 32.1 Å². The summed E-state index contributed by atoms with van der Waals surface area (Å²) < 4.78 is 16.0. The van der Waals surface area contributed by atoms with E-state index >= 15 is 0 Å². The number of carbonyl (C=O) groups is 2. The van der Waals surface area contributed by atoms with Gasteiger partial charge < -0.3 is 44.8 Å². The number of hydrogen-bond donors (Lipinski definition) is 6. The van der Waals surface area contributed by atoms with Crippen LogP contribution in [0.5, 0.6) is 5.75 Å². The van der Waals surface area contributed by atoms with Crippen LogP contribution in [0.4, 0.5) is 0 Å². The maximum Gasteiger partial charge on any atom is 0.339 e. The molecule has 1 heterocycles. The monoisotopic (exact) mass is 492 g/mol. The van der Waals surface area contributed by atoms with Crippen molar-refractivity contribution in [2.24, 2.45) is 0 Å². The predicted molar refractivity (Wildman–Crippen MR) is 118 cm³/mol. The molecule has 0 spiro atoms. The second kappa shape index (κ2) is 11.6. The third kappa shape index (κ3) is 6.75. The van der Waals surface area contributed by atoms with E-state index in [0.29, 0.717) is 11.1 Å². The molecule has 2 aromatic carbocycles. The molecular weight excluding hydrogens is 464 g/mol. The van der Waals surface area contributed by atoms with E-state index in [2.05, 4.69) is 0 Å². The SMILES string of the molecule is O=C(O)CC(O)(Cc1ccccc1)C(=O)OCc1ccc(O[C@@H]2O[C@H](CO)[C@@H](O)[C@H](O)[C@H]2O)cc1. The summed E-state index contributed by atoms with van der Waals surface area (Å²) in [4.78, 5) is 23.8. The fourth-order valence-electron chi connectivity index (χ4n) is 3.64. The number of aliphatic carboxylic acids is 1. The molecule has 0 bridgehead atoms. The van der Waals surface area contributed by atoms with Gasteiger partial charge in [0.1, 0.15) is 36.8 Å². The lowest BCUT2D eigenvalue weighted by molar-refractivity contribution is -0.277. The molecule has 1 saturated heterocycles. The van der Waals surface area contributed by atoms with Crippen LogP contribution in [0.1, 0.15) is 17.5 Å². The topological polar surface area (TPSA) is 183 Å². The molecule has 0 amide bonds. The highest BCUT2D eigenvalue weighted by atomic mass is 16.7. The molecule has 35 heavy (non-hydrogen) atoms. The van der Waals surface area contributed by atoms with Crippen molar-refractivity contribution < 1.29 is 54.4 Å². The lowest BCUT2D eigenvalue weighted by Crippen LogP contribution is -2.60. The second-order valence-corrected chi connectivity index (χ2v) is 8.30. The first-order valence-corrected chi connectivity index (χ1v) is 10.8. The van der Waals surface area contributed by atoms with Crippen LogP contribution in [-0.4, -0.2) is 85.5 Å². The maximum atomic E-state index is 12.6. The maximum absolute atomic E-state index is 12.6. The van der Waals surface area contributed by atoms with Crippen molar-refractivity contribution in [3.63, 3.8) is 0 Å². The molecule has 3 rings (SSSR count). The fourth-order valence-corrected chi connectivity index (χ4v) is 3.64. The molecule has 0 saturated carbocycles. The summed E-state index contributed by atoms with van der Waals surface area (Å²) in [5.74, 6) is -2.21. The molecule has 1 aliphatic heterocycles. The van der Waals surface area contributed by atoms with Crippen LogP contribution in [0.25, 0.3) is 0 Å². The van der Waals surface area contributed by atoms with Crippen LogP contribution in [0, 0.1) is 0 Å². The summed E-state index contributed by atoms with van der Waals surface area (Å²) in [7, 11) is 0. The van der Waals surface area contributed by atoms with Gasteiger partial charge in [-0.15, -0.1) is 0 Å². The predicted octanol–water partition coefficient (Wildman–Crippen LogP) is -0.643. The molecule has 6 atom stereocenters. The van der Waals surface area contributed by atoms with Crippen molar-refractivity contribution in [2.45, 2.75) is 55.8 Å². The number of carboxylic acid groups (broad SMARTS) is 1. The number of aliphatic hydroxyl groups excluding tert-OH is 4. The quantitative estimate of drug-likeness (QED) is 0.232. The molecule has 0 aliphatic carbocycles. The van der Waals surface area contributed by atoms with E-state index < -0.39 is 61.3 Å². The van der Waals surface area contributed by atoms with Crippen molar-refractivity contribution in [2.75, 3.05) is 6.61 Å². The smallest absolute Gasteiger partial charge is 0.339 e. The molecule has 2 aromatic rings. The standard InChI is InChI=1S/C24H28O11/c25-12-17-19(28)20(29)21(30)22(35-17)34-16-8-6-15(7-9-16)13-33-23(31)24(32,11-18(26)27)10-14-4-2-1-3-5-14/h1-9,17,19-22,25,28-30,32H,10-13H2,(H,26,27)/t17-,19-,20+,21-,22-,24?/m1/s1. The number of carboxylic acids is 1. The van der Waals surface area contributed by atoms with E-state index in [1.807, 2.05) is 0 Å². The summed E-state index contributed by atoms with van der Waals surface area (Å²) in [6.07, 6.45) is -8.17. The lowest BCUT2D eigenvalue weighted by atomic mass is 9.91. The largest absolute Gasteiger partial charge is 0.481 e. The van der Waals surface area contributed by atoms with Gasteiger partial charge in [-0.2, -0.15) is 0 Å². The highest BCUT2D eigenvalue weighted by Gasteiger charge is 2.44. The van der Waals surface area contributed by atoms with Crippen LogP contribution in [0.2, 0.25) is 0 Å². The average Bonchev–Trinajstić information content (AvgIpc) is 2.83. The summed E-state index contributed by atoms with van der Waals surface area (Å²) in [6.45, 7) is -0.844. The Labute approximate surface area is 200 Å². The first kappa shape index (κ1) is 26.5. The van der Waals surface area contributed by atoms with Gasteiger partial charge in [-0.3, -0.25) is 4.79 Å². The molecule has 6 N–H and O–H groups in total. The van der Waals surface area contributed by atoms with E-state index in [4.69, 9.17) is 19.3 Å². The van der Waals surface area contributed by atoms with Crippen LogP contribution in [0.15, 0.2) is 54.6 Å². The lowest BCUT2D eigenvalue weighted by Gasteiger charge is -2.39. The van der Waals surface area contributed by atoms with Crippen LogP contribution < -0.4 is 4.74 Å². The second-order valence-electron chi connectivity index (χ2n) is 8.30. The Morgan fingerprint density at radius 3 is 2.17 bits per heavy atom. The van der Waals surface area contributed by atoms with Gasteiger partial charge in [-0.05, 0) is 23.3 Å². The zero-order valence-electron chi connectivity index (χ0n) is 18.6. The number of benzene rings is 2. The minimum Gasteiger partial charge on any atom is -0.481 e. The molecule has 1 aliphatic rings. The van der Waals surface area contributed by atoms with Crippen molar-refractivity contribution in [3.05, 3.63) is 65.7 Å². The van der Waals surface area contributed by atoms with Crippen molar-refractivity contribution >= 4 is 11.9 Å². The first-order chi connectivity index (χ1) is 16.6. The number of esters is 1. The van der Waals surface area contributed by atoms with Crippen LogP contribution >= 0.6 is 0 Å². The van der Waals surface area contributed by atoms with E-state index in [-0.39, 0.29) is 18.8 Å². The summed E-state index contributed by atoms with van der Waals surface area (Å²) in [5, 5.41) is 58.9. The van der Waals surface area contributed by atoms with Gasteiger partial charge in [0.15, 0.2) is 5.60 Å². The Hall–Kier alpha value is -3.06. The normalized spacial score (nSPS) is 25.9. The Kier molecular flexibility index (Phi) is 8.78. The average molecular weight is 492 g/mol. The van der Waals surface area contributed by atoms with Gasteiger partial charge in [0.05, 0.1) is 13.0 Å². The van der Waals surface area contributed by atoms with E-state index in [1.54, 1.807) is 30.3 Å². The summed E-state index contributed by atoms with van der Waals surface area (Å²) >= 11 is 0. The molecular formula is C24H28O11. The van der Waals surface area contributed by atoms with Crippen molar-refractivity contribution in [3.8, 4) is 5.75 Å². The van der Waals surface area contributed by atoms with Gasteiger partial charge in [0.2, 0.25) is 6.29 Å². The van der Waals surface area contributed by atoms with E-state index in [9.17, 15) is 35.1 Å². The Bertz CT molecular complexity index is 979. The van der Waals surface area contributed by atoms with Crippen molar-refractivity contribution in [1.82, 2.24) is 0 Å². The number of ether oxygens (including phenoxy) is 3. The van der Waals surface area contributed by atoms with Crippen molar-refractivity contribution in [1.29, 1.82) is 0 Å². The minimum absolute atomic E-state index is 0.218. The summed E-state index contributed by atoms with van der Waals surface area (Å²) in [5.41, 5.74) is -1.18. The zero-order valence-corrected chi connectivity index (χ0v) is 18.6. The minimum atomic E-state index is -2.25. The van der Waals surface area contributed by atoms with Gasteiger partial charge >= 0.3 is 11.9 Å². The molecule has 0 radical (unpaired) electrons. The Morgan fingerprint density at radius 2 is 1.57 bits per heavy atom. The third-order valence-electron chi connectivity index (χ3n) is 5.56. The number of rotatable bonds is 10. The third-order valence-corrected chi connectivity index (χ3v) is 5.56. The molecule has 11 heteroatoms. The Balaban J connectivity index is 1.60. The molecule has 11 nitrogen and oxygen atoms in total. The number of hydrogen-bond acceptors (Lipinski definition) is 10. The highest BCUT2D eigenvalue weighted by molar-refractivity contribution is 5.85. The van der Waals surface area contributed by atoms with E-state index in [1.165, 1.54) is 24.3 Å². The first-order valence-electron chi connectivity index (χ1n) is 10.8.